The molecule has 6 nitrogen and oxygen atoms in total. The van der Waals surface area contributed by atoms with Crippen LogP contribution in [0.15, 0.2) is 42.9 Å². The van der Waals surface area contributed by atoms with Gasteiger partial charge in [0.25, 0.3) is 0 Å². The minimum absolute atomic E-state index is 0.245. The number of aromatic nitrogens is 2. The van der Waals surface area contributed by atoms with Gasteiger partial charge in [0.05, 0.1) is 6.61 Å². The average Bonchev–Trinajstić information content (AvgIpc) is 2.53. The summed E-state index contributed by atoms with van der Waals surface area (Å²) in [5.41, 5.74) is 1.79. The molecule has 21 heavy (non-hydrogen) atoms. The third-order valence-electron chi connectivity index (χ3n) is 2.75. The van der Waals surface area contributed by atoms with Gasteiger partial charge in [-0.2, -0.15) is 0 Å². The number of carbonyl (C=O) groups is 1. The average molecular weight is 286 g/mol. The molecular formula is C15H18N4O2. The molecule has 0 fully saturated rings. The Morgan fingerprint density at radius 1 is 1.19 bits per heavy atom. The number of ether oxygens (including phenoxy) is 1. The van der Waals surface area contributed by atoms with Crippen molar-refractivity contribution in [3.63, 3.8) is 0 Å². The highest BCUT2D eigenvalue weighted by molar-refractivity contribution is 5.73. The topological polar surface area (TPSA) is 76.1 Å². The van der Waals surface area contributed by atoms with Crippen molar-refractivity contribution in [3.8, 4) is 5.88 Å². The molecule has 0 saturated carbocycles. The molecule has 0 radical (unpaired) electrons. The van der Waals surface area contributed by atoms with Crippen LogP contribution in [0.2, 0.25) is 0 Å². The predicted octanol–water partition coefficient (Wildman–Crippen LogP) is 1.87. The molecule has 0 saturated heterocycles. The van der Waals surface area contributed by atoms with E-state index in [1.807, 2.05) is 31.2 Å². The van der Waals surface area contributed by atoms with E-state index in [-0.39, 0.29) is 6.03 Å². The van der Waals surface area contributed by atoms with Crippen molar-refractivity contribution in [1.29, 1.82) is 0 Å². The van der Waals surface area contributed by atoms with Gasteiger partial charge in [0, 0.05) is 37.2 Å². The van der Waals surface area contributed by atoms with Crippen LogP contribution in [0.1, 0.15) is 18.1 Å². The van der Waals surface area contributed by atoms with E-state index < -0.39 is 0 Å². The number of nitrogens with one attached hydrogen (secondary N) is 2. The zero-order valence-electron chi connectivity index (χ0n) is 11.9. The lowest BCUT2D eigenvalue weighted by Crippen LogP contribution is -2.34. The summed E-state index contributed by atoms with van der Waals surface area (Å²) in [4.78, 5) is 19.9. The molecule has 2 heterocycles. The molecule has 0 aromatic carbocycles. The van der Waals surface area contributed by atoms with E-state index in [2.05, 4.69) is 20.6 Å². The smallest absolute Gasteiger partial charge is 0.315 e. The quantitative estimate of drug-likeness (QED) is 0.850. The maximum Gasteiger partial charge on any atom is 0.315 e. The molecule has 0 spiro atoms. The largest absolute Gasteiger partial charge is 0.478 e. The van der Waals surface area contributed by atoms with Crippen LogP contribution in [0.5, 0.6) is 5.88 Å². The molecular weight excluding hydrogens is 268 g/mol. The first-order valence-electron chi connectivity index (χ1n) is 6.77. The van der Waals surface area contributed by atoms with Gasteiger partial charge in [-0.3, -0.25) is 4.98 Å². The Balaban J connectivity index is 1.81. The first kappa shape index (κ1) is 14.8. The minimum atomic E-state index is -0.245. The molecule has 0 aliphatic rings. The maximum atomic E-state index is 11.8. The van der Waals surface area contributed by atoms with Crippen LogP contribution in [0.4, 0.5) is 4.79 Å². The van der Waals surface area contributed by atoms with E-state index in [1.54, 1.807) is 18.6 Å². The fraction of sp³-hybridized carbons (Fsp3) is 0.267. The number of urea groups is 1. The van der Waals surface area contributed by atoms with Gasteiger partial charge in [-0.1, -0.05) is 12.1 Å². The van der Waals surface area contributed by atoms with Gasteiger partial charge in [-0.05, 0) is 24.6 Å². The van der Waals surface area contributed by atoms with Gasteiger partial charge in [0.2, 0.25) is 5.88 Å². The summed E-state index contributed by atoms with van der Waals surface area (Å²) in [5, 5.41) is 5.55. The van der Waals surface area contributed by atoms with Crippen molar-refractivity contribution in [2.24, 2.45) is 0 Å². The molecule has 0 atom stereocenters. The molecule has 0 aliphatic heterocycles. The molecule has 2 aromatic heterocycles. The number of nitrogens with zero attached hydrogens (tertiary/aromatic N) is 2. The zero-order valence-corrected chi connectivity index (χ0v) is 11.9. The van der Waals surface area contributed by atoms with Crippen LogP contribution in [0.25, 0.3) is 0 Å². The second-order valence-corrected chi connectivity index (χ2v) is 4.30. The van der Waals surface area contributed by atoms with Crippen LogP contribution >= 0.6 is 0 Å². The van der Waals surface area contributed by atoms with Crippen LogP contribution in [0.3, 0.4) is 0 Å². The highest BCUT2D eigenvalue weighted by atomic mass is 16.5. The van der Waals surface area contributed by atoms with Crippen LogP contribution in [-0.4, -0.2) is 22.6 Å². The summed E-state index contributed by atoms with van der Waals surface area (Å²) in [6, 6.07) is 7.18. The van der Waals surface area contributed by atoms with Crippen molar-refractivity contribution in [1.82, 2.24) is 20.6 Å². The lowest BCUT2D eigenvalue weighted by molar-refractivity contribution is 0.240. The summed E-state index contributed by atoms with van der Waals surface area (Å²) in [6.45, 7) is 3.23. The molecule has 0 bridgehead atoms. The fourth-order valence-electron chi connectivity index (χ4n) is 1.75. The Bertz CT molecular complexity index is 575. The van der Waals surface area contributed by atoms with E-state index in [0.29, 0.717) is 25.6 Å². The number of hydrogen-bond donors (Lipinski definition) is 2. The van der Waals surface area contributed by atoms with Crippen molar-refractivity contribution in [3.05, 3.63) is 54.0 Å². The first-order valence-corrected chi connectivity index (χ1v) is 6.77. The van der Waals surface area contributed by atoms with E-state index in [0.717, 1.165) is 11.1 Å². The van der Waals surface area contributed by atoms with E-state index in [9.17, 15) is 4.79 Å². The molecule has 0 unspecified atom stereocenters. The van der Waals surface area contributed by atoms with Crippen molar-refractivity contribution in [2.75, 3.05) is 6.61 Å². The van der Waals surface area contributed by atoms with E-state index in [1.165, 1.54) is 0 Å². The second kappa shape index (κ2) is 7.84. The lowest BCUT2D eigenvalue weighted by atomic mass is 10.2. The first-order chi connectivity index (χ1) is 10.3. The summed E-state index contributed by atoms with van der Waals surface area (Å²) in [6.07, 6.45) is 5.08. The predicted molar refractivity (Wildman–Crippen MR) is 78.7 cm³/mol. The highest BCUT2D eigenvalue weighted by Gasteiger charge is 2.06. The van der Waals surface area contributed by atoms with Gasteiger partial charge < -0.3 is 15.4 Å². The molecule has 2 amide bonds. The molecule has 2 N–H and O–H groups in total. The van der Waals surface area contributed by atoms with Gasteiger partial charge in [-0.25, -0.2) is 9.78 Å². The van der Waals surface area contributed by atoms with Crippen molar-refractivity contribution in [2.45, 2.75) is 20.0 Å². The summed E-state index contributed by atoms with van der Waals surface area (Å²) >= 11 is 0. The van der Waals surface area contributed by atoms with Crippen LogP contribution in [0, 0.1) is 0 Å². The SMILES string of the molecule is CCOc1ncccc1CNC(=O)NCc1cccnc1. The fourth-order valence-corrected chi connectivity index (χ4v) is 1.75. The molecule has 6 heteroatoms. The summed E-state index contributed by atoms with van der Waals surface area (Å²) in [5.74, 6) is 0.549. The second-order valence-electron chi connectivity index (χ2n) is 4.30. The molecule has 2 rings (SSSR count). The standard InChI is InChI=1S/C15H18N4O2/c1-2-21-14-13(6-4-8-17-14)11-19-15(20)18-10-12-5-3-7-16-9-12/h3-9H,2,10-11H2,1H3,(H2,18,19,20). The normalized spacial score (nSPS) is 9.95. The van der Waals surface area contributed by atoms with E-state index in [4.69, 9.17) is 4.74 Å². The Kier molecular flexibility index (Phi) is 5.51. The van der Waals surface area contributed by atoms with Gasteiger partial charge in [-0.15, -0.1) is 0 Å². The van der Waals surface area contributed by atoms with Gasteiger partial charge in [0.15, 0.2) is 0 Å². The number of amides is 2. The number of hydrogen-bond acceptors (Lipinski definition) is 4. The monoisotopic (exact) mass is 286 g/mol. The maximum absolute atomic E-state index is 11.8. The molecule has 2 aromatic rings. The molecule has 0 aliphatic carbocycles. The Hall–Kier alpha value is -2.63. The zero-order chi connectivity index (χ0) is 14.9. The number of pyridine rings is 2. The Morgan fingerprint density at radius 2 is 2.00 bits per heavy atom. The lowest BCUT2D eigenvalue weighted by Gasteiger charge is -2.10. The van der Waals surface area contributed by atoms with Gasteiger partial charge in [0.1, 0.15) is 0 Å². The summed E-state index contributed by atoms with van der Waals surface area (Å²) in [7, 11) is 0. The Labute approximate surface area is 123 Å². The minimum Gasteiger partial charge on any atom is -0.478 e. The molecule has 110 valence electrons. The Morgan fingerprint density at radius 3 is 2.76 bits per heavy atom. The van der Waals surface area contributed by atoms with Crippen LogP contribution < -0.4 is 15.4 Å². The van der Waals surface area contributed by atoms with Gasteiger partial charge >= 0.3 is 6.03 Å². The van der Waals surface area contributed by atoms with Crippen LogP contribution in [-0.2, 0) is 13.1 Å². The number of rotatable bonds is 6. The van der Waals surface area contributed by atoms with Crippen molar-refractivity contribution < 1.29 is 9.53 Å². The summed E-state index contributed by atoms with van der Waals surface area (Å²) < 4.78 is 5.41. The highest BCUT2D eigenvalue weighted by Crippen LogP contribution is 2.13. The third-order valence-corrected chi connectivity index (χ3v) is 2.75. The number of carbonyl (C=O) groups excluding carboxylic acids is 1. The van der Waals surface area contributed by atoms with Crippen molar-refractivity contribution >= 4 is 6.03 Å². The third kappa shape index (κ3) is 4.76. The van der Waals surface area contributed by atoms with E-state index >= 15 is 0 Å².